The third-order valence-corrected chi connectivity index (χ3v) is 4.73. The second-order valence-electron chi connectivity index (χ2n) is 6.38. The topological polar surface area (TPSA) is 55.8 Å². The first-order chi connectivity index (χ1) is 11.6. The number of carbonyl (C=O) groups is 2. The molecule has 24 heavy (non-hydrogen) atoms. The molecule has 1 aliphatic heterocycles. The van der Waals surface area contributed by atoms with E-state index in [1.165, 1.54) is 4.90 Å². The summed E-state index contributed by atoms with van der Waals surface area (Å²) in [6, 6.07) is 9.36. The summed E-state index contributed by atoms with van der Waals surface area (Å²) in [6.45, 7) is 2.60. The molecule has 2 aliphatic rings. The number of nitrogens with zero attached hydrogens (tertiary/aromatic N) is 1. The highest BCUT2D eigenvalue weighted by atomic mass is 19.1. The Kier molecular flexibility index (Phi) is 5.02. The van der Waals surface area contributed by atoms with E-state index in [4.69, 9.17) is 9.47 Å². The van der Waals surface area contributed by atoms with E-state index in [1.807, 2.05) is 30.3 Å². The van der Waals surface area contributed by atoms with Crippen LogP contribution in [0.25, 0.3) is 0 Å². The van der Waals surface area contributed by atoms with Crippen molar-refractivity contribution in [3.05, 3.63) is 35.9 Å². The van der Waals surface area contributed by atoms with E-state index < -0.39 is 12.3 Å². The van der Waals surface area contributed by atoms with Gasteiger partial charge in [-0.3, -0.25) is 4.79 Å². The van der Waals surface area contributed by atoms with Gasteiger partial charge in [-0.05, 0) is 24.8 Å². The maximum atomic E-state index is 14.3. The number of likely N-dealkylation sites (tertiary alicyclic amines) is 1. The molecule has 1 aliphatic carbocycles. The van der Waals surface area contributed by atoms with Gasteiger partial charge in [-0.25, -0.2) is 9.18 Å². The van der Waals surface area contributed by atoms with Crippen molar-refractivity contribution in [2.24, 2.45) is 17.8 Å². The van der Waals surface area contributed by atoms with Crippen LogP contribution in [-0.2, 0) is 20.9 Å². The average molecular weight is 335 g/mol. The Hall–Kier alpha value is -2.11. The lowest BCUT2D eigenvalue weighted by molar-refractivity contribution is -0.145. The molecular formula is C18H22FNO4. The number of rotatable bonds is 5. The summed E-state index contributed by atoms with van der Waals surface area (Å²) in [5.74, 6) is -0.789. The largest absolute Gasteiger partial charge is 0.466 e. The van der Waals surface area contributed by atoms with Gasteiger partial charge in [0.25, 0.3) is 0 Å². The van der Waals surface area contributed by atoms with Gasteiger partial charge in [0.1, 0.15) is 12.8 Å². The first-order valence-electron chi connectivity index (χ1n) is 8.36. The summed E-state index contributed by atoms with van der Waals surface area (Å²) in [7, 11) is 0. The molecule has 1 aromatic carbocycles. The maximum Gasteiger partial charge on any atom is 0.410 e. The fraction of sp³-hybridized carbons (Fsp3) is 0.556. The van der Waals surface area contributed by atoms with Gasteiger partial charge in [-0.15, -0.1) is 0 Å². The van der Waals surface area contributed by atoms with Gasteiger partial charge in [0.05, 0.1) is 19.1 Å². The minimum atomic E-state index is -1.11. The summed E-state index contributed by atoms with van der Waals surface area (Å²) in [6.07, 6.45) is -0.965. The number of ether oxygens (including phenoxy) is 2. The fourth-order valence-electron chi connectivity index (χ4n) is 3.36. The molecule has 1 amide bonds. The highest BCUT2D eigenvalue weighted by Gasteiger charge is 2.54. The van der Waals surface area contributed by atoms with Crippen LogP contribution < -0.4 is 0 Å². The number of carbonyl (C=O) groups excluding carboxylic acids is 2. The minimum absolute atomic E-state index is 0.0222. The Bertz CT molecular complexity index is 594. The number of amides is 1. The molecule has 1 saturated heterocycles. The standard InChI is InChI=1S/C18H22FNO4/c1-2-23-17(21)14-8-13(14)15-9-20(10-16(15)19)18(22)24-11-12-6-4-3-5-7-12/h3-7,13-16H,2,8-11H2,1H3/t13?,14?,15-,16-/m1/s1. The smallest absolute Gasteiger partial charge is 0.410 e. The van der Waals surface area contributed by atoms with Crippen molar-refractivity contribution >= 4 is 12.1 Å². The van der Waals surface area contributed by atoms with Gasteiger partial charge >= 0.3 is 12.1 Å². The van der Waals surface area contributed by atoms with Crippen LogP contribution in [0, 0.1) is 17.8 Å². The zero-order chi connectivity index (χ0) is 17.1. The van der Waals surface area contributed by atoms with Crippen molar-refractivity contribution in [2.75, 3.05) is 19.7 Å². The Morgan fingerprint density at radius 3 is 2.62 bits per heavy atom. The van der Waals surface area contributed by atoms with Crippen LogP contribution in [0.1, 0.15) is 18.9 Å². The normalized spacial score (nSPS) is 28.5. The highest BCUT2D eigenvalue weighted by molar-refractivity contribution is 5.76. The van der Waals surface area contributed by atoms with Crippen LogP contribution in [0.5, 0.6) is 0 Å². The molecule has 0 bridgehead atoms. The van der Waals surface area contributed by atoms with Crippen molar-refractivity contribution in [3.8, 4) is 0 Å². The number of alkyl halides is 1. The van der Waals surface area contributed by atoms with Crippen molar-refractivity contribution in [1.82, 2.24) is 4.90 Å². The molecule has 2 unspecified atom stereocenters. The fourth-order valence-corrected chi connectivity index (χ4v) is 3.36. The molecular weight excluding hydrogens is 313 g/mol. The molecule has 0 N–H and O–H groups in total. The van der Waals surface area contributed by atoms with Gasteiger partial charge in [0.15, 0.2) is 0 Å². The lowest BCUT2D eigenvalue weighted by Gasteiger charge is -2.16. The van der Waals surface area contributed by atoms with Crippen molar-refractivity contribution < 1.29 is 23.5 Å². The number of hydrogen-bond donors (Lipinski definition) is 0. The van der Waals surface area contributed by atoms with Gasteiger partial charge in [0, 0.05) is 12.5 Å². The summed E-state index contributed by atoms with van der Waals surface area (Å²) in [5.41, 5.74) is 0.892. The van der Waals surface area contributed by atoms with Gasteiger partial charge < -0.3 is 14.4 Å². The molecule has 0 aromatic heterocycles. The second-order valence-corrected chi connectivity index (χ2v) is 6.38. The van der Waals surface area contributed by atoms with E-state index in [0.717, 1.165) is 5.56 Å². The Morgan fingerprint density at radius 1 is 1.17 bits per heavy atom. The zero-order valence-corrected chi connectivity index (χ0v) is 13.7. The highest BCUT2D eigenvalue weighted by Crippen LogP contribution is 2.49. The molecule has 1 aromatic rings. The Morgan fingerprint density at radius 2 is 1.92 bits per heavy atom. The third-order valence-electron chi connectivity index (χ3n) is 4.73. The molecule has 0 radical (unpaired) electrons. The first-order valence-corrected chi connectivity index (χ1v) is 8.36. The monoisotopic (exact) mass is 335 g/mol. The lowest BCUT2D eigenvalue weighted by Crippen LogP contribution is -2.30. The van der Waals surface area contributed by atoms with Crippen LogP contribution in [0.4, 0.5) is 9.18 Å². The van der Waals surface area contributed by atoms with Crippen LogP contribution in [0.2, 0.25) is 0 Å². The zero-order valence-electron chi connectivity index (χ0n) is 13.7. The molecule has 130 valence electrons. The van der Waals surface area contributed by atoms with E-state index >= 15 is 0 Å². The molecule has 3 rings (SSSR count). The summed E-state index contributed by atoms with van der Waals surface area (Å²) < 4.78 is 24.5. The van der Waals surface area contributed by atoms with E-state index in [-0.39, 0.29) is 36.9 Å². The quantitative estimate of drug-likeness (QED) is 0.777. The van der Waals surface area contributed by atoms with Crippen LogP contribution in [0.3, 0.4) is 0 Å². The van der Waals surface area contributed by atoms with Crippen molar-refractivity contribution in [2.45, 2.75) is 26.1 Å². The van der Waals surface area contributed by atoms with Crippen LogP contribution in [0.15, 0.2) is 30.3 Å². The number of esters is 1. The van der Waals surface area contributed by atoms with Crippen molar-refractivity contribution in [3.63, 3.8) is 0 Å². The minimum Gasteiger partial charge on any atom is -0.466 e. The van der Waals surface area contributed by atoms with E-state index in [9.17, 15) is 14.0 Å². The predicted molar refractivity (Wildman–Crippen MR) is 84.8 cm³/mol. The second kappa shape index (κ2) is 7.20. The Balaban J connectivity index is 1.49. The third kappa shape index (κ3) is 3.68. The van der Waals surface area contributed by atoms with E-state index in [0.29, 0.717) is 19.6 Å². The van der Waals surface area contributed by atoms with Crippen molar-refractivity contribution in [1.29, 1.82) is 0 Å². The van der Waals surface area contributed by atoms with Crippen LogP contribution in [-0.4, -0.2) is 42.8 Å². The molecule has 0 spiro atoms. The molecule has 1 heterocycles. The van der Waals surface area contributed by atoms with E-state index in [2.05, 4.69) is 0 Å². The summed E-state index contributed by atoms with van der Waals surface area (Å²) in [5, 5.41) is 0. The summed E-state index contributed by atoms with van der Waals surface area (Å²) in [4.78, 5) is 25.2. The number of benzene rings is 1. The number of halogens is 1. The summed E-state index contributed by atoms with van der Waals surface area (Å²) >= 11 is 0. The molecule has 6 heteroatoms. The lowest BCUT2D eigenvalue weighted by atomic mass is 10.00. The SMILES string of the molecule is CCOC(=O)C1CC1[C@H]1CN(C(=O)OCc2ccccc2)C[C@H]1F. The van der Waals surface area contributed by atoms with E-state index in [1.54, 1.807) is 6.92 Å². The molecule has 2 fully saturated rings. The average Bonchev–Trinajstić information content (AvgIpc) is 3.29. The first kappa shape index (κ1) is 16.7. The Labute approximate surface area is 140 Å². The number of hydrogen-bond acceptors (Lipinski definition) is 4. The van der Waals surface area contributed by atoms with Gasteiger partial charge in [-0.1, -0.05) is 30.3 Å². The molecule has 1 saturated carbocycles. The molecule has 4 atom stereocenters. The molecule has 5 nitrogen and oxygen atoms in total. The van der Waals surface area contributed by atoms with Crippen LogP contribution >= 0.6 is 0 Å². The maximum absolute atomic E-state index is 14.3. The van der Waals surface area contributed by atoms with Gasteiger partial charge in [-0.2, -0.15) is 0 Å². The predicted octanol–water partition coefficient (Wildman–Crippen LogP) is 2.79. The van der Waals surface area contributed by atoms with Gasteiger partial charge in [0.2, 0.25) is 0 Å².